The molecule has 0 saturated heterocycles. The van der Waals surface area contributed by atoms with Gasteiger partial charge in [-0.25, -0.2) is 0 Å². The molecule has 0 aliphatic heterocycles. The molecule has 0 fully saturated rings. The van der Waals surface area contributed by atoms with Crippen molar-refractivity contribution in [1.82, 2.24) is 0 Å². The molecule has 130 valence electrons. The highest BCUT2D eigenvalue weighted by molar-refractivity contribution is 6.30. The van der Waals surface area contributed by atoms with Crippen LogP contribution >= 0.6 is 11.6 Å². The zero-order chi connectivity index (χ0) is 18.5. The Morgan fingerprint density at radius 1 is 1.08 bits per heavy atom. The third-order valence-electron chi connectivity index (χ3n) is 3.76. The van der Waals surface area contributed by atoms with Crippen LogP contribution in [0.4, 0.5) is 5.69 Å². The van der Waals surface area contributed by atoms with Gasteiger partial charge >= 0.3 is 0 Å². The summed E-state index contributed by atoms with van der Waals surface area (Å²) in [5.74, 6) is 0.828. The maximum atomic E-state index is 10.6. The number of phenolic OH excluding ortho intramolecular Hbond substituents is 1. The van der Waals surface area contributed by atoms with Crippen molar-refractivity contribution < 1.29 is 9.84 Å². The number of benzene rings is 3. The second kappa shape index (κ2) is 7.89. The van der Waals surface area contributed by atoms with Gasteiger partial charge in [0.15, 0.2) is 11.5 Å². The van der Waals surface area contributed by atoms with E-state index in [1.54, 1.807) is 36.5 Å². The van der Waals surface area contributed by atoms with Crippen molar-refractivity contribution in [2.45, 2.75) is 6.92 Å². The first-order valence-electron chi connectivity index (χ1n) is 8.08. The summed E-state index contributed by atoms with van der Waals surface area (Å²) in [4.78, 5) is 4.38. The second-order valence-corrected chi connectivity index (χ2v) is 6.26. The van der Waals surface area contributed by atoms with Crippen molar-refractivity contribution in [2.24, 2.45) is 4.99 Å². The number of hydrogen-bond acceptors (Lipinski definition) is 3. The Balaban J connectivity index is 1.86. The molecule has 0 atom stereocenters. The van der Waals surface area contributed by atoms with Crippen LogP contribution in [0.2, 0.25) is 5.02 Å². The Morgan fingerprint density at radius 3 is 2.46 bits per heavy atom. The molecule has 0 aliphatic rings. The number of aryl methyl sites for hydroxylation is 1. The van der Waals surface area contributed by atoms with Crippen LogP contribution in [-0.2, 0) is 0 Å². The highest BCUT2D eigenvalue weighted by atomic mass is 35.5. The standard InChI is InChI=1S/C22H18ClNO2/c1-15-12-18(14-24-20-10-8-19(23)9-11-20)22(25)21(13-15)26-16(2)17-6-4-3-5-7-17/h3-14,25H,2H2,1H3. The summed E-state index contributed by atoms with van der Waals surface area (Å²) in [6.07, 6.45) is 1.60. The molecule has 0 unspecified atom stereocenters. The van der Waals surface area contributed by atoms with Gasteiger partial charge in [-0.15, -0.1) is 0 Å². The van der Waals surface area contributed by atoms with Crippen molar-refractivity contribution in [2.75, 3.05) is 0 Å². The first-order valence-corrected chi connectivity index (χ1v) is 8.46. The summed E-state index contributed by atoms with van der Waals surface area (Å²) in [6.45, 7) is 5.87. The predicted octanol–water partition coefficient (Wildman–Crippen LogP) is 6.15. The van der Waals surface area contributed by atoms with Crippen LogP contribution in [0.5, 0.6) is 11.5 Å². The second-order valence-electron chi connectivity index (χ2n) is 5.83. The van der Waals surface area contributed by atoms with E-state index in [-0.39, 0.29) is 5.75 Å². The maximum Gasteiger partial charge on any atom is 0.169 e. The SMILES string of the molecule is C=C(Oc1cc(C)cc(C=Nc2ccc(Cl)cc2)c1O)c1ccccc1. The van der Waals surface area contributed by atoms with Gasteiger partial charge in [-0.3, -0.25) is 4.99 Å². The number of halogens is 1. The molecule has 0 aliphatic carbocycles. The van der Waals surface area contributed by atoms with Gasteiger partial charge in [0, 0.05) is 22.4 Å². The predicted molar refractivity (Wildman–Crippen MR) is 108 cm³/mol. The molecule has 3 rings (SSSR count). The summed E-state index contributed by atoms with van der Waals surface area (Å²) in [6, 6.07) is 20.3. The largest absolute Gasteiger partial charge is 0.504 e. The maximum absolute atomic E-state index is 10.6. The van der Waals surface area contributed by atoms with E-state index in [0.29, 0.717) is 22.1 Å². The summed E-state index contributed by atoms with van der Waals surface area (Å²) in [7, 11) is 0. The lowest BCUT2D eigenvalue weighted by Gasteiger charge is -2.12. The molecule has 3 aromatic rings. The Labute approximate surface area is 157 Å². The number of phenols is 1. The number of aromatic hydroxyl groups is 1. The topological polar surface area (TPSA) is 41.8 Å². The number of aliphatic imine (C=N–C) groups is 1. The van der Waals surface area contributed by atoms with Gasteiger partial charge in [-0.05, 0) is 48.9 Å². The van der Waals surface area contributed by atoms with E-state index < -0.39 is 0 Å². The summed E-state index contributed by atoms with van der Waals surface area (Å²) < 4.78 is 5.80. The fraction of sp³-hybridized carbons (Fsp3) is 0.0455. The van der Waals surface area contributed by atoms with Gasteiger partial charge < -0.3 is 9.84 Å². The molecular weight excluding hydrogens is 346 g/mol. The first kappa shape index (κ1) is 17.8. The molecule has 0 saturated carbocycles. The van der Waals surface area contributed by atoms with E-state index in [0.717, 1.165) is 16.8 Å². The van der Waals surface area contributed by atoms with E-state index in [9.17, 15) is 5.11 Å². The summed E-state index contributed by atoms with van der Waals surface area (Å²) >= 11 is 5.88. The Bertz CT molecular complexity index is 948. The Hall–Kier alpha value is -3.04. The molecule has 26 heavy (non-hydrogen) atoms. The minimum absolute atomic E-state index is 0.0189. The average molecular weight is 364 g/mol. The van der Waals surface area contributed by atoms with Crippen LogP contribution < -0.4 is 4.74 Å². The molecule has 4 heteroatoms. The molecular formula is C22H18ClNO2. The van der Waals surface area contributed by atoms with Gasteiger partial charge in [-0.1, -0.05) is 48.5 Å². The van der Waals surface area contributed by atoms with Gasteiger partial charge in [0.2, 0.25) is 0 Å². The fourth-order valence-corrected chi connectivity index (χ4v) is 2.56. The molecule has 0 radical (unpaired) electrons. The quantitative estimate of drug-likeness (QED) is 0.436. The molecule has 1 N–H and O–H groups in total. The zero-order valence-corrected chi connectivity index (χ0v) is 15.1. The van der Waals surface area contributed by atoms with Gasteiger partial charge in [0.1, 0.15) is 5.76 Å². The van der Waals surface area contributed by atoms with Crippen LogP contribution in [0.15, 0.2) is 78.3 Å². The van der Waals surface area contributed by atoms with Crippen molar-refractivity contribution in [3.63, 3.8) is 0 Å². The summed E-state index contributed by atoms with van der Waals surface area (Å²) in [5.41, 5.74) is 3.10. The van der Waals surface area contributed by atoms with Crippen molar-refractivity contribution in [3.05, 3.63) is 95.0 Å². The van der Waals surface area contributed by atoms with Crippen LogP contribution in [0, 0.1) is 6.92 Å². The Kier molecular flexibility index (Phi) is 5.40. The molecule has 0 aromatic heterocycles. The minimum Gasteiger partial charge on any atom is -0.504 e. The van der Waals surface area contributed by atoms with E-state index in [2.05, 4.69) is 11.6 Å². The molecule has 0 spiro atoms. The van der Waals surface area contributed by atoms with Crippen molar-refractivity contribution in [3.8, 4) is 11.5 Å². The normalized spacial score (nSPS) is 10.8. The van der Waals surface area contributed by atoms with E-state index in [1.165, 1.54) is 0 Å². The van der Waals surface area contributed by atoms with Gasteiger partial charge in [0.25, 0.3) is 0 Å². The first-order chi connectivity index (χ1) is 12.5. The lowest BCUT2D eigenvalue weighted by Crippen LogP contribution is -1.96. The number of rotatable bonds is 5. The van der Waals surface area contributed by atoms with Gasteiger partial charge in [0.05, 0.1) is 5.69 Å². The van der Waals surface area contributed by atoms with E-state index in [1.807, 2.05) is 43.3 Å². The third kappa shape index (κ3) is 4.32. The zero-order valence-electron chi connectivity index (χ0n) is 14.3. The van der Waals surface area contributed by atoms with Crippen molar-refractivity contribution in [1.29, 1.82) is 0 Å². The molecule has 3 aromatic carbocycles. The number of ether oxygens (including phenoxy) is 1. The number of hydrogen-bond donors (Lipinski definition) is 1. The molecule has 0 heterocycles. The average Bonchev–Trinajstić information content (AvgIpc) is 2.65. The van der Waals surface area contributed by atoms with Crippen LogP contribution in [0.3, 0.4) is 0 Å². The highest BCUT2D eigenvalue weighted by Gasteiger charge is 2.11. The minimum atomic E-state index is 0.0189. The molecule has 3 nitrogen and oxygen atoms in total. The highest BCUT2D eigenvalue weighted by Crippen LogP contribution is 2.33. The van der Waals surface area contributed by atoms with Crippen LogP contribution in [-0.4, -0.2) is 11.3 Å². The monoisotopic (exact) mass is 363 g/mol. The summed E-state index contributed by atoms with van der Waals surface area (Å²) in [5, 5.41) is 11.2. The molecule has 0 amide bonds. The van der Waals surface area contributed by atoms with Crippen LogP contribution in [0.1, 0.15) is 16.7 Å². The third-order valence-corrected chi connectivity index (χ3v) is 4.01. The van der Waals surface area contributed by atoms with Crippen molar-refractivity contribution >= 4 is 29.3 Å². The van der Waals surface area contributed by atoms with E-state index in [4.69, 9.17) is 16.3 Å². The van der Waals surface area contributed by atoms with Gasteiger partial charge in [-0.2, -0.15) is 0 Å². The number of nitrogens with zero attached hydrogens (tertiary/aromatic N) is 1. The van der Waals surface area contributed by atoms with Crippen LogP contribution in [0.25, 0.3) is 5.76 Å². The lowest BCUT2D eigenvalue weighted by atomic mass is 10.1. The Morgan fingerprint density at radius 2 is 1.77 bits per heavy atom. The smallest absolute Gasteiger partial charge is 0.169 e. The fourth-order valence-electron chi connectivity index (χ4n) is 2.44. The molecule has 0 bridgehead atoms. The lowest BCUT2D eigenvalue weighted by molar-refractivity contribution is 0.423. The van der Waals surface area contributed by atoms with E-state index >= 15 is 0 Å².